The molecule has 2 heterocycles. The van der Waals surface area contributed by atoms with Crippen LogP contribution in [0.2, 0.25) is 0 Å². The molecule has 2 aromatic rings. The first-order chi connectivity index (χ1) is 8.81. The minimum Gasteiger partial charge on any atom is -0.332 e. The summed E-state index contributed by atoms with van der Waals surface area (Å²) < 4.78 is 1.77. The summed E-state index contributed by atoms with van der Waals surface area (Å²) in [6.07, 6.45) is 3.75. The fraction of sp³-hybridized carbons (Fsp3) is 0.231. The van der Waals surface area contributed by atoms with Crippen LogP contribution in [0.5, 0.6) is 0 Å². The highest BCUT2D eigenvalue weighted by Gasteiger charge is 2.19. The van der Waals surface area contributed by atoms with E-state index in [1.807, 2.05) is 19.3 Å². The van der Waals surface area contributed by atoms with Gasteiger partial charge in [0.2, 0.25) is 0 Å². The van der Waals surface area contributed by atoms with E-state index >= 15 is 0 Å². The Morgan fingerprint density at radius 3 is 2.89 bits per heavy atom. The van der Waals surface area contributed by atoms with Crippen LogP contribution in [0.1, 0.15) is 11.6 Å². The average Bonchev–Trinajstić information content (AvgIpc) is 3.01. The van der Waals surface area contributed by atoms with Gasteiger partial charge >= 0.3 is 0 Å². The van der Waals surface area contributed by atoms with E-state index in [-0.39, 0.29) is 6.04 Å². The monoisotopic (exact) mass is 258 g/mol. The predicted molar refractivity (Wildman–Crippen MR) is 75.9 cm³/mol. The summed E-state index contributed by atoms with van der Waals surface area (Å²) >= 11 is 1.75. The van der Waals surface area contributed by atoms with Gasteiger partial charge in [0.15, 0.2) is 5.17 Å². The normalized spacial score (nSPS) is 18.7. The lowest BCUT2D eigenvalue weighted by atomic mass is 10.1. The second-order valence-corrected chi connectivity index (χ2v) is 5.21. The Morgan fingerprint density at radius 2 is 2.17 bits per heavy atom. The number of hydrogen-bond acceptors (Lipinski definition) is 4. The highest BCUT2D eigenvalue weighted by atomic mass is 32.2. The first-order valence-corrected chi connectivity index (χ1v) is 6.81. The largest absolute Gasteiger partial charge is 0.332 e. The molecule has 18 heavy (non-hydrogen) atoms. The standard InChI is InChI=1S/C13H14N4S/c1-17-8-11(7-14-17)15-13-16-12(9-18-13)10-5-3-2-4-6-10/h2-8,12H,9H2,1H3,(H,15,16). The molecule has 0 radical (unpaired) electrons. The van der Waals surface area contributed by atoms with Crippen molar-refractivity contribution in [2.24, 2.45) is 12.0 Å². The lowest BCUT2D eigenvalue weighted by Crippen LogP contribution is -2.03. The number of anilines is 1. The lowest BCUT2D eigenvalue weighted by Gasteiger charge is -2.04. The number of nitrogens with one attached hydrogen (secondary N) is 1. The third-order valence-electron chi connectivity index (χ3n) is 2.79. The van der Waals surface area contributed by atoms with Crippen molar-refractivity contribution in [1.29, 1.82) is 0 Å². The van der Waals surface area contributed by atoms with Gasteiger partial charge in [0.1, 0.15) is 0 Å². The van der Waals surface area contributed by atoms with E-state index < -0.39 is 0 Å². The molecular formula is C13H14N4S. The summed E-state index contributed by atoms with van der Waals surface area (Å²) in [5.74, 6) is 0.993. The summed E-state index contributed by atoms with van der Waals surface area (Å²) in [6.45, 7) is 0. The lowest BCUT2D eigenvalue weighted by molar-refractivity contribution is 0.768. The van der Waals surface area contributed by atoms with Gasteiger partial charge in [-0.2, -0.15) is 5.10 Å². The minimum atomic E-state index is 0.260. The van der Waals surface area contributed by atoms with E-state index in [2.05, 4.69) is 34.7 Å². The SMILES string of the molecule is Cn1cc(NC2=NC(c3ccccc3)CS2)cn1. The number of benzene rings is 1. The van der Waals surface area contributed by atoms with Crippen LogP contribution in [-0.2, 0) is 7.05 Å². The first-order valence-electron chi connectivity index (χ1n) is 5.82. The first kappa shape index (κ1) is 11.3. The Balaban J connectivity index is 1.72. The molecule has 1 unspecified atom stereocenters. The van der Waals surface area contributed by atoms with Crippen molar-refractivity contribution in [2.75, 3.05) is 11.1 Å². The number of rotatable bonds is 2. The zero-order valence-electron chi connectivity index (χ0n) is 10.1. The summed E-state index contributed by atoms with van der Waals surface area (Å²) in [5, 5.41) is 8.39. The van der Waals surface area contributed by atoms with Crippen molar-refractivity contribution >= 4 is 22.6 Å². The maximum Gasteiger partial charge on any atom is 0.161 e. The molecule has 1 aromatic carbocycles. The Labute approximate surface area is 110 Å². The number of aliphatic imine (C=N–C) groups is 1. The van der Waals surface area contributed by atoms with Crippen molar-refractivity contribution in [2.45, 2.75) is 6.04 Å². The molecule has 92 valence electrons. The van der Waals surface area contributed by atoms with Gasteiger partial charge in [0.25, 0.3) is 0 Å². The zero-order chi connectivity index (χ0) is 12.4. The number of thioether (sulfide) groups is 1. The van der Waals surface area contributed by atoms with E-state index in [1.54, 1.807) is 22.6 Å². The molecule has 5 heteroatoms. The maximum absolute atomic E-state index is 4.69. The molecule has 0 saturated heterocycles. The highest BCUT2D eigenvalue weighted by molar-refractivity contribution is 8.14. The molecular weight excluding hydrogens is 244 g/mol. The van der Waals surface area contributed by atoms with Crippen molar-refractivity contribution in [3.63, 3.8) is 0 Å². The van der Waals surface area contributed by atoms with E-state index in [9.17, 15) is 0 Å². The highest BCUT2D eigenvalue weighted by Crippen LogP contribution is 2.30. The van der Waals surface area contributed by atoms with Crippen molar-refractivity contribution in [3.05, 3.63) is 48.3 Å². The predicted octanol–water partition coefficient (Wildman–Crippen LogP) is 2.68. The molecule has 0 spiro atoms. The van der Waals surface area contributed by atoms with Crippen LogP contribution in [-0.4, -0.2) is 20.7 Å². The third-order valence-corrected chi connectivity index (χ3v) is 3.75. The van der Waals surface area contributed by atoms with E-state index in [1.165, 1.54) is 5.56 Å². The fourth-order valence-corrected chi connectivity index (χ4v) is 2.87. The average molecular weight is 258 g/mol. The number of aryl methyl sites for hydroxylation is 1. The summed E-state index contributed by atoms with van der Waals surface area (Å²) in [4.78, 5) is 4.69. The van der Waals surface area contributed by atoms with Gasteiger partial charge < -0.3 is 5.32 Å². The van der Waals surface area contributed by atoms with Gasteiger partial charge in [-0.25, -0.2) is 0 Å². The van der Waals surface area contributed by atoms with Crippen LogP contribution in [0.3, 0.4) is 0 Å². The van der Waals surface area contributed by atoms with E-state index in [4.69, 9.17) is 4.99 Å². The van der Waals surface area contributed by atoms with Gasteiger partial charge in [-0.1, -0.05) is 42.1 Å². The Hall–Kier alpha value is -1.75. The maximum atomic E-state index is 4.69. The van der Waals surface area contributed by atoms with Crippen LogP contribution >= 0.6 is 11.8 Å². The molecule has 1 N–H and O–H groups in total. The summed E-state index contributed by atoms with van der Waals surface area (Å²) in [7, 11) is 1.90. The van der Waals surface area contributed by atoms with Crippen LogP contribution < -0.4 is 5.32 Å². The van der Waals surface area contributed by atoms with Crippen LogP contribution in [0.15, 0.2) is 47.7 Å². The van der Waals surface area contributed by atoms with Gasteiger partial charge in [-0.05, 0) is 5.56 Å². The summed E-state index contributed by atoms with van der Waals surface area (Å²) in [6, 6.07) is 10.7. The van der Waals surface area contributed by atoms with Crippen molar-refractivity contribution in [1.82, 2.24) is 9.78 Å². The molecule has 0 aliphatic carbocycles. The Morgan fingerprint density at radius 1 is 1.33 bits per heavy atom. The fourth-order valence-electron chi connectivity index (χ4n) is 1.90. The quantitative estimate of drug-likeness (QED) is 0.900. The van der Waals surface area contributed by atoms with Gasteiger partial charge in [0, 0.05) is 19.0 Å². The molecule has 0 saturated carbocycles. The van der Waals surface area contributed by atoms with Crippen molar-refractivity contribution in [3.8, 4) is 0 Å². The van der Waals surface area contributed by atoms with Gasteiger partial charge in [0.05, 0.1) is 17.9 Å². The number of amidine groups is 1. The topological polar surface area (TPSA) is 42.2 Å². The van der Waals surface area contributed by atoms with Gasteiger partial charge in [-0.15, -0.1) is 0 Å². The number of nitrogens with zero attached hydrogens (tertiary/aromatic N) is 3. The Bertz CT molecular complexity index is 561. The molecule has 3 rings (SSSR count). The third kappa shape index (κ3) is 2.41. The molecule has 0 bridgehead atoms. The summed E-state index contributed by atoms with van der Waals surface area (Å²) in [5.41, 5.74) is 2.26. The van der Waals surface area contributed by atoms with Gasteiger partial charge in [-0.3, -0.25) is 9.67 Å². The second kappa shape index (κ2) is 4.86. The van der Waals surface area contributed by atoms with Crippen LogP contribution in [0.25, 0.3) is 0 Å². The zero-order valence-corrected chi connectivity index (χ0v) is 10.9. The van der Waals surface area contributed by atoms with Crippen LogP contribution in [0, 0.1) is 0 Å². The molecule has 0 fully saturated rings. The smallest absolute Gasteiger partial charge is 0.161 e. The number of hydrogen-bond donors (Lipinski definition) is 1. The molecule has 1 aromatic heterocycles. The molecule has 4 nitrogen and oxygen atoms in total. The molecule has 1 aliphatic rings. The molecule has 1 atom stereocenters. The molecule has 1 aliphatic heterocycles. The van der Waals surface area contributed by atoms with E-state index in [0.29, 0.717) is 0 Å². The minimum absolute atomic E-state index is 0.260. The van der Waals surface area contributed by atoms with Crippen molar-refractivity contribution < 1.29 is 0 Å². The molecule has 0 amide bonds. The Kier molecular flexibility index (Phi) is 3.06. The second-order valence-electron chi connectivity index (χ2n) is 4.20. The van der Waals surface area contributed by atoms with Crippen LogP contribution in [0.4, 0.5) is 5.69 Å². The van der Waals surface area contributed by atoms with E-state index in [0.717, 1.165) is 16.6 Å². The number of aromatic nitrogens is 2.